The summed E-state index contributed by atoms with van der Waals surface area (Å²) < 4.78 is 8.31. The van der Waals surface area contributed by atoms with Crippen LogP contribution in [-0.2, 0) is 25.9 Å². The number of aryl methyl sites for hydroxylation is 3. The second-order valence-electron chi connectivity index (χ2n) is 7.87. The van der Waals surface area contributed by atoms with Crippen LogP contribution >= 0.6 is 0 Å². The van der Waals surface area contributed by atoms with E-state index in [0.717, 1.165) is 78.8 Å². The Labute approximate surface area is 178 Å². The summed E-state index contributed by atoms with van der Waals surface area (Å²) in [6.45, 7) is 7.42. The molecule has 0 radical (unpaired) electrons. The predicted molar refractivity (Wildman–Crippen MR) is 120 cm³/mol. The average molecular weight is 409 g/mol. The summed E-state index contributed by atoms with van der Waals surface area (Å²) in [7, 11) is 0. The summed E-state index contributed by atoms with van der Waals surface area (Å²) >= 11 is 0. The fourth-order valence-electron chi connectivity index (χ4n) is 4.05. The lowest BCUT2D eigenvalue weighted by Crippen LogP contribution is -2.37. The van der Waals surface area contributed by atoms with Crippen molar-refractivity contribution in [3.63, 3.8) is 0 Å². The predicted octanol–water partition coefficient (Wildman–Crippen LogP) is 3.75. The van der Waals surface area contributed by atoms with Gasteiger partial charge in [-0.2, -0.15) is 0 Å². The minimum Gasteiger partial charge on any atom is -0.459 e. The maximum Gasteiger partial charge on any atom is 0.191 e. The van der Waals surface area contributed by atoms with Crippen LogP contribution in [0.2, 0.25) is 0 Å². The first-order valence-electron chi connectivity index (χ1n) is 11.2. The molecule has 0 saturated carbocycles. The van der Waals surface area contributed by atoms with E-state index >= 15 is 0 Å². The number of hydrogen-bond donors (Lipinski definition) is 2. The lowest BCUT2D eigenvalue weighted by Gasteiger charge is -2.11. The van der Waals surface area contributed by atoms with Crippen molar-refractivity contribution in [1.82, 2.24) is 25.4 Å². The number of aliphatic imine (C=N–C) groups is 1. The van der Waals surface area contributed by atoms with Gasteiger partial charge in [-0.15, -0.1) is 10.2 Å². The number of fused-ring (bicyclic) bond motifs is 2. The first-order chi connectivity index (χ1) is 14.8. The Balaban J connectivity index is 1.32. The van der Waals surface area contributed by atoms with Crippen molar-refractivity contribution >= 4 is 16.9 Å². The van der Waals surface area contributed by atoms with E-state index in [1.807, 2.05) is 18.2 Å². The third kappa shape index (κ3) is 4.66. The molecule has 0 fully saturated rings. The van der Waals surface area contributed by atoms with Gasteiger partial charge in [0.15, 0.2) is 5.96 Å². The lowest BCUT2D eigenvalue weighted by atomic mass is 10.1. The number of aromatic nitrogens is 3. The maximum absolute atomic E-state index is 5.98. The van der Waals surface area contributed by atoms with Gasteiger partial charge in [-0.3, -0.25) is 0 Å². The van der Waals surface area contributed by atoms with Crippen molar-refractivity contribution < 1.29 is 4.42 Å². The minimum absolute atomic E-state index is 0.521. The van der Waals surface area contributed by atoms with Gasteiger partial charge in [0, 0.05) is 43.4 Å². The summed E-state index contributed by atoms with van der Waals surface area (Å²) in [5.41, 5.74) is 2.09. The molecular weight excluding hydrogens is 376 g/mol. The van der Waals surface area contributed by atoms with Gasteiger partial charge in [-0.1, -0.05) is 24.6 Å². The monoisotopic (exact) mass is 408 g/mol. The molecule has 3 heterocycles. The zero-order valence-electron chi connectivity index (χ0n) is 18.1. The molecule has 3 aromatic rings. The van der Waals surface area contributed by atoms with E-state index in [9.17, 15) is 0 Å². The largest absolute Gasteiger partial charge is 0.459 e. The molecule has 2 aromatic heterocycles. The highest BCUT2D eigenvalue weighted by Crippen LogP contribution is 2.25. The van der Waals surface area contributed by atoms with Crippen LogP contribution in [0.25, 0.3) is 11.0 Å². The van der Waals surface area contributed by atoms with Crippen LogP contribution in [0.15, 0.2) is 33.7 Å². The molecule has 0 amide bonds. The van der Waals surface area contributed by atoms with E-state index in [-0.39, 0.29) is 0 Å². The van der Waals surface area contributed by atoms with Gasteiger partial charge >= 0.3 is 0 Å². The van der Waals surface area contributed by atoms with E-state index < -0.39 is 0 Å². The standard InChI is InChI=1S/C23H32N6O/c1-3-24-23(26-16-20-17(2)18-10-6-7-11-19(18)30-20)25-14-9-13-22-28-27-21-12-5-4-8-15-29(21)22/h6-7,10-11H,3-5,8-9,12-16H2,1-2H3,(H2,24,25,26). The molecule has 160 valence electrons. The molecular formula is C23H32N6O. The number of para-hydroxylation sites is 1. The summed E-state index contributed by atoms with van der Waals surface area (Å²) in [6.07, 6.45) is 6.73. The van der Waals surface area contributed by atoms with Crippen molar-refractivity contribution in [2.24, 2.45) is 4.99 Å². The van der Waals surface area contributed by atoms with Gasteiger partial charge in [0.1, 0.15) is 29.5 Å². The Bertz CT molecular complexity index is 1000. The number of nitrogens with one attached hydrogen (secondary N) is 2. The second kappa shape index (κ2) is 9.78. The molecule has 7 heteroatoms. The Kier molecular flexibility index (Phi) is 6.67. The number of hydrogen-bond acceptors (Lipinski definition) is 4. The van der Waals surface area contributed by atoms with E-state index in [1.54, 1.807) is 0 Å². The Morgan fingerprint density at radius 1 is 1.17 bits per heavy atom. The lowest BCUT2D eigenvalue weighted by molar-refractivity contribution is 0.547. The summed E-state index contributed by atoms with van der Waals surface area (Å²) in [5, 5.41) is 16.7. The van der Waals surface area contributed by atoms with Crippen molar-refractivity contribution in [2.45, 2.75) is 65.5 Å². The molecule has 0 spiro atoms. The van der Waals surface area contributed by atoms with E-state index in [2.05, 4.69) is 45.3 Å². The smallest absolute Gasteiger partial charge is 0.191 e. The third-order valence-corrected chi connectivity index (χ3v) is 5.72. The second-order valence-corrected chi connectivity index (χ2v) is 7.87. The molecule has 0 saturated heterocycles. The van der Waals surface area contributed by atoms with Crippen LogP contribution in [0.3, 0.4) is 0 Å². The van der Waals surface area contributed by atoms with Gasteiger partial charge in [-0.05, 0) is 39.2 Å². The molecule has 2 N–H and O–H groups in total. The Hall–Kier alpha value is -2.83. The fraction of sp³-hybridized carbons (Fsp3) is 0.522. The van der Waals surface area contributed by atoms with E-state index in [0.29, 0.717) is 6.54 Å². The number of guanidine groups is 1. The SMILES string of the molecule is CCNC(=NCc1oc2ccccc2c1C)NCCCc1nnc2n1CCCCC2. The van der Waals surface area contributed by atoms with Crippen molar-refractivity contribution in [3.8, 4) is 0 Å². The van der Waals surface area contributed by atoms with Crippen LogP contribution < -0.4 is 10.6 Å². The molecule has 0 aliphatic carbocycles. The van der Waals surface area contributed by atoms with Crippen LogP contribution in [0.1, 0.15) is 55.6 Å². The quantitative estimate of drug-likeness (QED) is 0.354. The maximum atomic E-state index is 5.98. The van der Waals surface area contributed by atoms with Crippen LogP contribution in [-0.4, -0.2) is 33.8 Å². The molecule has 0 unspecified atom stereocenters. The molecule has 7 nitrogen and oxygen atoms in total. The summed E-state index contributed by atoms with van der Waals surface area (Å²) in [4.78, 5) is 4.72. The summed E-state index contributed by atoms with van der Waals surface area (Å²) in [5.74, 6) is 4.01. The molecule has 0 bridgehead atoms. The van der Waals surface area contributed by atoms with E-state index in [1.165, 1.54) is 19.3 Å². The number of nitrogens with zero attached hydrogens (tertiary/aromatic N) is 4. The first-order valence-corrected chi connectivity index (χ1v) is 11.2. The Morgan fingerprint density at radius 2 is 2.07 bits per heavy atom. The van der Waals surface area contributed by atoms with Gasteiger partial charge in [0.25, 0.3) is 0 Å². The van der Waals surface area contributed by atoms with Gasteiger partial charge < -0.3 is 19.6 Å². The third-order valence-electron chi connectivity index (χ3n) is 5.72. The number of benzene rings is 1. The first kappa shape index (κ1) is 20.4. The topological polar surface area (TPSA) is 80.3 Å². The highest BCUT2D eigenvalue weighted by atomic mass is 16.3. The fourth-order valence-corrected chi connectivity index (χ4v) is 4.05. The minimum atomic E-state index is 0.521. The molecule has 1 aromatic carbocycles. The van der Waals surface area contributed by atoms with Crippen LogP contribution in [0.4, 0.5) is 0 Å². The van der Waals surface area contributed by atoms with Gasteiger partial charge in [-0.25, -0.2) is 4.99 Å². The highest BCUT2D eigenvalue weighted by Gasteiger charge is 2.14. The molecule has 1 aliphatic rings. The van der Waals surface area contributed by atoms with Crippen molar-refractivity contribution in [3.05, 3.63) is 47.2 Å². The molecule has 4 rings (SSSR count). The van der Waals surface area contributed by atoms with Crippen molar-refractivity contribution in [1.29, 1.82) is 0 Å². The highest BCUT2D eigenvalue weighted by molar-refractivity contribution is 5.82. The zero-order valence-corrected chi connectivity index (χ0v) is 18.1. The van der Waals surface area contributed by atoms with Crippen molar-refractivity contribution in [2.75, 3.05) is 13.1 Å². The normalized spacial score (nSPS) is 14.5. The Morgan fingerprint density at radius 3 is 2.93 bits per heavy atom. The van der Waals surface area contributed by atoms with E-state index in [4.69, 9.17) is 9.41 Å². The molecule has 1 aliphatic heterocycles. The average Bonchev–Trinajstić information content (AvgIpc) is 3.19. The molecule has 0 atom stereocenters. The number of rotatable bonds is 7. The summed E-state index contributed by atoms with van der Waals surface area (Å²) in [6, 6.07) is 8.14. The van der Waals surface area contributed by atoms with Crippen LogP contribution in [0.5, 0.6) is 0 Å². The van der Waals surface area contributed by atoms with Gasteiger partial charge in [0.2, 0.25) is 0 Å². The van der Waals surface area contributed by atoms with Crippen LogP contribution in [0, 0.1) is 6.92 Å². The number of furan rings is 1. The van der Waals surface area contributed by atoms with Gasteiger partial charge in [0.05, 0.1) is 0 Å². The molecule has 30 heavy (non-hydrogen) atoms. The zero-order chi connectivity index (χ0) is 20.8.